The van der Waals surface area contributed by atoms with Crippen LogP contribution in [-0.4, -0.2) is 6.04 Å². The maximum absolute atomic E-state index is 5.33. The van der Waals surface area contributed by atoms with Gasteiger partial charge in [-0.15, -0.1) is 0 Å². The van der Waals surface area contributed by atoms with E-state index in [4.69, 9.17) is 4.42 Å². The van der Waals surface area contributed by atoms with Gasteiger partial charge in [0.1, 0.15) is 5.76 Å². The molecule has 0 amide bonds. The molecule has 1 aromatic rings. The third-order valence-corrected chi connectivity index (χ3v) is 2.83. The standard InChI is InChI=1S/C11H17NO/c1-8-6-10(7-8)12-9(2)11-4-3-5-13-11/h3-5,8-10,12H,6-7H2,1-2H3/t8?,9-,10?/m1/s1. The number of nitrogens with one attached hydrogen (secondary N) is 1. The summed E-state index contributed by atoms with van der Waals surface area (Å²) < 4.78 is 5.33. The number of furan rings is 1. The van der Waals surface area contributed by atoms with Crippen molar-refractivity contribution in [3.8, 4) is 0 Å². The highest BCUT2D eigenvalue weighted by Crippen LogP contribution is 2.28. The van der Waals surface area contributed by atoms with Crippen molar-refractivity contribution in [1.82, 2.24) is 5.32 Å². The summed E-state index contributed by atoms with van der Waals surface area (Å²) in [4.78, 5) is 0. The van der Waals surface area contributed by atoms with E-state index in [1.807, 2.05) is 12.1 Å². The lowest BCUT2D eigenvalue weighted by molar-refractivity contribution is 0.218. The molecule has 0 unspecified atom stereocenters. The minimum absolute atomic E-state index is 0.354. The fourth-order valence-corrected chi connectivity index (χ4v) is 2.01. The summed E-state index contributed by atoms with van der Waals surface area (Å²) in [5.41, 5.74) is 0. The van der Waals surface area contributed by atoms with Gasteiger partial charge in [-0.1, -0.05) is 6.92 Å². The van der Waals surface area contributed by atoms with Crippen LogP contribution >= 0.6 is 0 Å². The third kappa shape index (κ3) is 1.94. The minimum atomic E-state index is 0.354. The lowest BCUT2D eigenvalue weighted by atomic mass is 9.81. The summed E-state index contributed by atoms with van der Waals surface area (Å²) in [6.45, 7) is 4.46. The smallest absolute Gasteiger partial charge is 0.120 e. The molecule has 0 bridgehead atoms. The molecule has 1 fully saturated rings. The van der Waals surface area contributed by atoms with Crippen LogP contribution in [0.1, 0.15) is 38.5 Å². The van der Waals surface area contributed by atoms with Gasteiger partial charge < -0.3 is 9.73 Å². The molecule has 13 heavy (non-hydrogen) atoms. The summed E-state index contributed by atoms with van der Waals surface area (Å²) in [6.07, 6.45) is 4.35. The highest BCUT2D eigenvalue weighted by molar-refractivity contribution is 5.04. The molecule has 0 saturated heterocycles. The van der Waals surface area contributed by atoms with Crippen LogP contribution in [-0.2, 0) is 0 Å². The van der Waals surface area contributed by atoms with Gasteiger partial charge in [-0.25, -0.2) is 0 Å². The summed E-state index contributed by atoms with van der Waals surface area (Å²) in [6, 6.07) is 5.03. The number of hydrogen-bond donors (Lipinski definition) is 1. The Balaban J connectivity index is 1.82. The van der Waals surface area contributed by atoms with Crippen LogP contribution in [0.4, 0.5) is 0 Å². The second kappa shape index (κ2) is 3.54. The van der Waals surface area contributed by atoms with Crippen molar-refractivity contribution in [2.24, 2.45) is 5.92 Å². The van der Waals surface area contributed by atoms with Crippen LogP contribution in [0, 0.1) is 5.92 Å². The van der Waals surface area contributed by atoms with E-state index in [0.29, 0.717) is 12.1 Å². The van der Waals surface area contributed by atoms with E-state index >= 15 is 0 Å². The van der Waals surface area contributed by atoms with Gasteiger partial charge in [-0.3, -0.25) is 0 Å². The van der Waals surface area contributed by atoms with Gasteiger partial charge >= 0.3 is 0 Å². The molecule has 2 heteroatoms. The Labute approximate surface area is 79.3 Å². The normalized spacial score (nSPS) is 29.7. The zero-order valence-corrected chi connectivity index (χ0v) is 8.29. The maximum Gasteiger partial charge on any atom is 0.120 e. The molecule has 0 aromatic carbocycles. The van der Waals surface area contributed by atoms with Crippen LogP contribution in [0.2, 0.25) is 0 Å². The Bertz CT molecular complexity index is 249. The van der Waals surface area contributed by atoms with Crippen LogP contribution < -0.4 is 5.32 Å². The van der Waals surface area contributed by atoms with E-state index in [-0.39, 0.29) is 0 Å². The highest BCUT2D eigenvalue weighted by atomic mass is 16.3. The largest absolute Gasteiger partial charge is 0.468 e. The van der Waals surface area contributed by atoms with Gasteiger partial charge in [0.05, 0.1) is 12.3 Å². The zero-order chi connectivity index (χ0) is 9.26. The maximum atomic E-state index is 5.33. The summed E-state index contributed by atoms with van der Waals surface area (Å²) in [5.74, 6) is 1.95. The average molecular weight is 179 g/mol. The molecule has 0 radical (unpaired) electrons. The highest BCUT2D eigenvalue weighted by Gasteiger charge is 2.26. The second-order valence-corrected chi connectivity index (χ2v) is 4.18. The molecule has 1 N–H and O–H groups in total. The first-order valence-corrected chi connectivity index (χ1v) is 5.05. The number of hydrogen-bond acceptors (Lipinski definition) is 2. The molecule has 1 aromatic heterocycles. The van der Waals surface area contributed by atoms with Crippen LogP contribution in [0.5, 0.6) is 0 Å². The monoisotopic (exact) mass is 179 g/mol. The first kappa shape index (κ1) is 8.82. The molecule has 1 heterocycles. The van der Waals surface area contributed by atoms with E-state index in [9.17, 15) is 0 Å². The lowest BCUT2D eigenvalue weighted by Crippen LogP contribution is -2.41. The van der Waals surface area contributed by atoms with Gasteiger partial charge in [0.15, 0.2) is 0 Å². The molecule has 1 saturated carbocycles. The van der Waals surface area contributed by atoms with E-state index in [1.165, 1.54) is 12.8 Å². The molecular formula is C11H17NO. The summed E-state index contributed by atoms with van der Waals surface area (Å²) >= 11 is 0. The van der Waals surface area contributed by atoms with E-state index in [0.717, 1.165) is 11.7 Å². The van der Waals surface area contributed by atoms with Gasteiger partial charge in [0.2, 0.25) is 0 Å². The SMILES string of the molecule is CC1CC(N[C@H](C)c2ccco2)C1. The Morgan fingerprint density at radius 3 is 2.85 bits per heavy atom. The minimum Gasteiger partial charge on any atom is -0.468 e. The van der Waals surface area contributed by atoms with E-state index in [2.05, 4.69) is 19.2 Å². The fourth-order valence-electron chi connectivity index (χ4n) is 2.01. The van der Waals surface area contributed by atoms with E-state index in [1.54, 1.807) is 6.26 Å². The molecule has 2 rings (SSSR count). The third-order valence-electron chi connectivity index (χ3n) is 2.83. The van der Waals surface area contributed by atoms with Crippen molar-refractivity contribution >= 4 is 0 Å². The second-order valence-electron chi connectivity index (χ2n) is 4.18. The van der Waals surface area contributed by atoms with Crippen LogP contribution in [0.25, 0.3) is 0 Å². The Kier molecular flexibility index (Phi) is 2.40. The predicted octanol–water partition coefficient (Wildman–Crippen LogP) is 2.73. The van der Waals surface area contributed by atoms with Gasteiger partial charge in [-0.05, 0) is 37.8 Å². The van der Waals surface area contributed by atoms with Crippen molar-refractivity contribution in [3.63, 3.8) is 0 Å². The molecule has 72 valence electrons. The molecule has 2 nitrogen and oxygen atoms in total. The molecule has 1 aliphatic rings. The van der Waals surface area contributed by atoms with Crippen molar-refractivity contribution < 1.29 is 4.42 Å². The van der Waals surface area contributed by atoms with Crippen molar-refractivity contribution in [1.29, 1.82) is 0 Å². The topological polar surface area (TPSA) is 25.2 Å². The average Bonchev–Trinajstić information content (AvgIpc) is 2.53. The Morgan fingerprint density at radius 1 is 1.54 bits per heavy atom. The lowest BCUT2D eigenvalue weighted by Gasteiger charge is -2.35. The predicted molar refractivity (Wildman–Crippen MR) is 52.4 cm³/mol. The van der Waals surface area contributed by atoms with Gasteiger partial charge in [0.25, 0.3) is 0 Å². The van der Waals surface area contributed by atoms with Crippen molar-refractivity contribution in [3.05, 3.63) is 24.2 Å². The van der Waals surface area contributed by atoms with Crippen molar-refractivity contribution in [2.75, 3.05) is 0 Å². The van der Waals surface area contributed by atoms with Crippen LogP contribution in [0.3, 0.4) is 0 Å². The van der Waals surface area contributed by atoms with Crippen LogP contribution in [0.15, 0.2) is 22.8 Å². The van der Waals surface area contributed by atoms with E-state index < -0.39 is 0 Å². The molecular weight excluding hydrogens is 162 g/mol. The van der Waals surface area contributed by atoms with Gasteiger partial charge in [-0.2, -0.15) is 0 Å². The Hall–Kier alpha value is -0.760. The number of rotatable bonds is 3. The first-order valence-electron chi connectivity index (χ1n) is 5.05. The summed E-state index contributed by atoms with van der Waals surface area (Å²) in [7, 11) is 0. The molecule has 1 atom stereocenters. The summed E-state index contributed by atoms with van der Waals surface area (Å²) in [5, 5.41) is 3.56. The van der Waals surface area contributed by atoms with Gasteiger partial charge in [0, 0.05) is 6.04 Å². The van der Waals surface area contributed by atoms with Crippen molar-refractivity contribution in [2.45, 2.75) is 38.8 Å². The Morgan fingerprint density at radius 2 is 2.31 bits per heavy atom. The fraction of sp³-hybridized carbons (Fsp3) is 0.636. The molecule has 0 aliphatic heterocycles. The molecule has 1 aliphatic carbocycles. The quantitative estimate of drug-likeness (QED) is 0.771. The first-order chi connectivity index (χ1) is 6.25. The molecule has 0 spiro atoms. The zero-order valence-electron chi connectivity index (χ0n) is 8.29.